The van der Waals surface area contributed by atoms with Crippen LogP contribution in [-0.4, -0.2) is 17.5 Å². The molecule has 2 aromatic heterocycles. The highest BCUT2D eigenvalue weighted by Gasteiger charge is 2.11. The first kappa shape index (κ1) is 15.2. The van der Waals surface area contributed by atoms with Gasteiger partial charge in [-0.15, -0.1) is 11.3 Å². The topological polar surface area (TPSA) is 64.4 Å². The highest BCUT2D eigenvalue weighted by atomic mass is 32.1. The SMILES string of the molecule is Cc1ccc(-c2csc(NC(=O)COc3cccc(F)c3)n2)o1. The zero-order valence-electron chi connectivity index (χ0n) is 12.2. The van der Waals surface area contributed by atoms with Crippen LogP contribution in [0.15, 0.2) is 46.2 Å². The van der Waals surface area contributed by atoms with E-state index in [-0.39, 0.29) is 12.5 Å². The number of furan rings is 1. The predicted octanol–water partition coefficient (Wildman–Crippen LogP) is 3.87. The highest BCUT2D eigenvalue weighted by Crippen LogP contribution is 2.26. The number of rotatable bonds is 5. The summed E-state index contributed by atoms with van der Waals surface area (Å²) in [5.41, 5.74) is 0.657. The minimum atomic E-state index is -0.416. The number of carbonyl (C=O) groups is 1. The second-order valence-electron chi connectivity index (χ2n) is 4.74. The van der Waals surface area contributed by atoms with Gasteiger partial charge in [0.15, 0.2) is 17.5 Å². The van der Waals surface area contributed by atoms with Gasteiger partial charge in [-0.25, -0.2) is 9.37 Å². The molecule has 118 valence electrons. The first-order valence-electron chi connectivity index (χ1n) is 6.81. The molecule has 0 aliphatic carbocycles. The molecule has 0 spiro atoms. The van der Waals surface area contributed by atoms with Crippen molar-refractivity contribution >= 4 is 22.4 Å². The van der Waals surface area contributed by atoms with Crippen LogP contribution >= 0.6 is 11.3 Å². The summed E-state index contributed by atoms with van der Waals surface area (Å²) in [4.78, 5) is 16.1. The summed E-state index contributed by atoms with van der Waals surface area (Å²) in [5, 5.41) is 4.87. The molecule has 0 aliphatic rings. The number of ether oxygens (including phenoxy) is 1. The Kier molecular flexibility index (Phi) is 4.38. The van der Waals surface area contributed by atoms with E-state index in [1.807, 2.05) is 19.1 Å². The molecule has 0 aliphatic heterocycles. The molecule has 1 N–H and O–H groups in total. The Bertz CT molecular complexity index is 828. The molecule has 0 atom stereocenters. The van der Waals surface area contributed by atoms with Crippen LogP contribution in [0, 0.1) is 12.7 Å². The van der Waals surface area contributed by atoms with Gasteiger partial charge in [0.25, 0.3) is 5.91 Å². The van der Waals surface area contributed by atoms with Gasteiger partial charge >= 0.3 is 0 Å². The number of thiazole rings is 1. The molecule has 5 nitrogen and oxygen atoms in total. The molecule has 7 heteroatoms. The summed E-state index contributed by atoms with van der Waals surface area (Å²) >= 11 is 1.29. The smallest absolute Gasteiger partial charge is 0.264 e. The Hall–Kier alpha value is -2.67. The van der Waals surface area contributed by atoms with E-state index in [9.17, 15) is 9.18 Å². The van der Waals surface area contributed by atoms with Crippen LogP contribution in [0.1, 0.15) is 5.76 Å². The fourth-order valence-corrected chi connectivity index (χ4v) is 2.59. The van der Waals surface area contributed by atoms with Crippen molar-refractivity contribution in [1.29, 1.82) is 0 Å². The zero-order valence-corrected chi connectivity index (χ0v) is 13.0. The lowest BCUT2D eigenvalue weighted by molar-refractivity contribution is -0.118. The summed E-state index contributed by atoms with van der Waals surface area (Å²) in [6, 6.07) is 9.29. The molecule has 3 aromatic rings. The van der Waals surface area contributed by atoms with Gasteiger partial charge in [0, 0.05) is 11.4 Å². The number of carbonyl (C=O) groups excluding carboxylic acids is 1. The fraction of sp³-hybridized carbons (Fsp3) is 0.125. The van der Waals surface area contributed by atoms with E-state index in [4.69, 9.17) is 9.15 Å². The van der Waals surface area contributed by atoms with Crippen LogP contribution in [0.5, 0.6) is 5.75 Å². The lowest BCUT2D eigenvalue weighted by Crippen LogP contribution is -2.20. The second kappa shape index (κ2) is 6.62. The molecular formula is C16H13FN2O3S. The van der Waals surface area contributed by atoms with Crippen molar-refractivity contribution < 1.29 is 18.3 Å². The van der Waals surface area contributed by atoms with E-state index in [1.54, 1.807) is 11.4 Å². The minimum Gasteiger partial charge on any atom is -0.484 e. The van der Waals surface area contributed by atoms with Gasteiger partial charge in [0.2, 0.25) is 0 Å². The summed E-state index contributed by atoms with van der Waals surface area (Å²) in [6.45, 7) is 1.63. The van der Waals surface area contributed by atoms with E-state index in [0.717, 1.165) is 5.76 Å². The number of halogens is 1. The third-order valence-corrected chi connectivity index (χ3v) is 3.67. The van der Waals surface area contributed by atoms with Gasteiger partial charge in [-0.3, -0.25) is 10.1 Å². The molecule has 1 aromatic carbocycles. The third-order valence-electron chi connectivity index (χ3n) is 2.91. The maximum atomic E-state index is 13.0. The number of hydrogen-bond donors (Lipinski definition) is 1. The Morgan fingerprint density at radius 1 is 1.39 bits per heavy atom. The first-order valence-corrected chi connectivity index (χ1v) is 7.69. The Labute approximate surface area is 135 Å². The average Bonchev–Trinajstić information content (AvgIpc) is 3.14. The lowest BCUT2D eigenvalue weighted by atomic mass is 10.3. The van der Waals surface area contributed by atoms with Gasteiger partial charge in [0.1, 0.15) is 23.0 Å². The molecule has 0 saturated carbocycles. The van der Waals surface area contributed by atoms with Crippen LogP contribution in [0.25, 0.3) is 11.5 Å². The molecule has 2 heterocycles. The number of benzene rings is 1. The minimum absolute atomic E-state index is 0.224. The highest BCUT2D eigenvalue weighted by molar-refractivity contribution is 7.14. The largest absolute Gasteiger partial charge is 0.484 e. The van der Waals surface area contributed by atoms with E-state index in [2.05, 4.69) is 10.3 Å². The van der Waals surface area contributed by atoms with Crippen molar-refractivity contribution in [2.45, 2.75) is 6.92 Å². The van der Waals surface area contributed by atoms with Crippen molar-refractivity contribution in [2.24, 2.45) is 0 Å². The molecule has 0 saturated heterocycles. The van der Waals surface area contributed by atoms with Gasteiger partial charge in [-0.2, -0.15) is 0 Å². The van der Waals surface area contributed by atoms with Crippen LogP contribution in [0.2, 0.25) is 0 Å². The number of aryl methyl sites for hydroxylation is 1. The van der Waals surface area contributed by atoms with Crippen LogP contribution < -0.4 is 10.1 Å². The quantitative estimate of drug-likeness (QED) is 0.770. The van der Waals surface area contributed by atoms with Crippen LogP contribution in [0.3, 0.4) is 0 Å². The van der Waals surface area contributed by atoms with E-state index in [1.165, 1.54) is 29.5 Å². The van der Waals surface area contributed by atoms with Crippen molar-refractivity contribution in [2.75, 3.05) is 11.9 Å². The summed E-state index contributed by atoms with van der Waals surface area (Å²) < 4.78 is 23.7. The molecule has 0 radical (unpaired) electrons. The average molecular weight is 332 g/mol. The normalized spacial score (nSPS) is 10.5. The van der Waals surface area contributed by atoms with E-state index >= 15 is 0 Å². The zero-order chi connectivity index (χ0) is 16.2. The van der Waals surface area contributed by atoms with E-state index < -0.39 is 5.82 Å². The lowest BCUT2D eigenvalue weighted by Gasteiger charge is -2.05. The molecule has 1 amide bonds. The maximum Gasteiger partial charge on any atom is 0.264 e. The van der Waals surface area contributed by atoms with Crippen molar-refractivity contribution in [3.05, 3.63) is 53.4 Å². The number of anilines is 1. The summed E-state index contributed by atoms with van der Waals surface area (Å²) in [6.07, 6.45) is 0. The number of hydrogen-bond acceptors (Lipinski definition) is 5. The Balaban J connectivity index is 1.57. The monoisotopic (exact) mass is 332 g/mol. The van der Waals surface area contributed by atoms with Crippen LogP contribution in [0.4, 0.5) is 9.52 Å². The number of amides is 1. The van der Waals surface area contributed by atoms with Gasteiger partial charge in [0.05, 0.1) is 0 Å². The van der Waals surface area contributed by atoms with Gasteiger partial charge < -0.3 is 9.15 Å². The van der Waals surface area contributed by atoms with Gasteiger partial charge in [-0.1, -0.05) is 6.07 Å². The first-order chi connectivity index (χ1) is 11.1. The van der Waals surface area contributed by atoms with Gasteiger partial charge in [-0.05, 0) is 31.2 Å². The molecule has 0 fully saturated rings. The number of nitrogens with zero attached hydrogens (tertiary/aromatic N) is 1. The molecule has 0 unspecified atom stereocenters. The van der Waals surface area contributed by atoms with Crippen LogP contribution in [-0.2, 0) is 4.79 Å². The molecular weight excluding hydrogens is 319 g/mol. The summed E-state index contributed by atoms with van der Waals surface area (Å²) in [7, 11) is 0. The standard InChI is InChI=1S/C16H13FN2O3S/c1-10-5-6-14(22-10)13-9-23-16(18-13)19-15(20)8-21-12-4-2-3-11(17)7-12/h2-7,9H,8H2,1H3,(H,18,19,20). The summed E-state index contributed by atoms with van der Waals surface area (Å²) in [5.74, 6) is 0.954. The number of aromatic nitrogens is 1. The third kappa shape index (κ3) is 3.95. The fourth-order valence-electron chi connectivity index (χ4n) is 1.88. The van der Waals surface area contributed by atoms with E-state index in [0.29, 0.717) is 22.3 Å². The number of nitrogens with one attached hydrogen (secondary N) is 1. The Morgan fingerprint density at radius 2 is 2.26 bits per heavy atom. The Morgan fingerprint density at radius 3 is 3.00 bits per heavy atom. The molecule has 0 bridgehead atoms. The van der Waals surface area contributed by atoms with Crippen molar-refractivity contribution in [1.82, 2.24) is 4.98 Å². The molecule has 23 heavy (non-hydrogen) atoms. The van der Waals surface area contributed by atoms with Crippen molar-refractivity contribution in [3.8, 4) is 17.2 Å². The maximum absolute atomic E-state index is 13.0. The predicted molar refractivity (Wildman–Crippen MR) is 85.1 cm³/mol. The second-order valence-corrected chi connectivity index (χ2v) is 5.60. The molecule has 3 rings (SSSR count). The van der Waals surface area contributed by atoms with Crippen molar-refractivity contribution in [3.63, 3.8) is 0 Å².